The van der Waals surface area contributed by atoms with E-state index in [0.29, 0.717) is 0 Å². The second-order valence-corrected chi connectivity index (χ2v) is 7.05. The third-order valence-electron chi connectivity index (χ3n) is 4.90. The van der Waals surface area contributed by atoms with Crippen LogP contribution in [0.15, 0.2) is 24.3 Å². The standard InChI is InChI=1S/C21H33N3O2/c1-4-13-23(14-5-2)21(26)17-24(18(3)25)20-11-9-19(10-12-20)22-15-7-6-8-16-22/h9-12H,4-8,13-17H2,1-3H3. The van der Waals surface area contributed by atoms with Gasteiger partial charge in [-0.1, -0.05) is 13.8 Å². The zero-order valence-corrected chi connectivity index (χ0v) is 16.5. The van der Waals surface area contributed by atoms with Gasteiger partial charge in [-0.05, 0) is 56.4 Å². The number of benzene rings is 1. The van der Waals surface area contributed by atoms with Gasteiger partial charge < -0.3 is 14.7 Å². The molecule has 0 atom stereocenters. The summed E-state index contributed by atoms with van der Waals surface area (Å²) in [5, 5.41) is 0. The number of amides is 2. The third-order valence-corrected chi connectivity index (χ3v) is 4.90. The van der Waals surface area contributed by atoms with Crippen LogP contribution in [-0.2, 0) is 9.59 Å². The first-order valence-electron chi connectivity index (χ1n) is 9.97. The highest BCUT2D eigenvalue weighted by Crippen LogP contribution is 2.24. The summed E-state index contributed by atoms with van der Waals surface area (Å²) < 4.78 is 0. The monoisotopic (exact) mass is 359 g/mol. The van der Waals surface area contributed by atoms with Crippen LogP contribution in [0, 0.1) is 0 Å². The van der Waals surface area contributed by atoms with Crippen LogP contribution in [0.25, 0.3) is 0 Å². The van der Waals surface area contributed by atoms with Crippen molar-refractivity contribution in [3.63, 3.8) is 0 Å². The molecule has 1 saturated heterocycles. The summed E-state index contributed by atoms with van der Waals surface area (Å²) in [7, 11) is 0. The van der Waals surface area contributed by atoms with E-state index in [1.807, 2.05) is 17.0 Å². The Morgan fingerprint density at radius 3 is 2.04 bits per heavy atom. The summed E-state index contributed by atoms with van der Waals surface area (Å²) in [5.74, 6) is -0.0824. The molecule has 144 valence electrons. The minimum Gasteiger partial charge on any atom is -0.372 e. The largest absolute Gasteiger partial charge is 0.372 e. The molecular weight excluding hydrogens is 326 g/mol. The second-order valence-electron chi connectivity index (χ2n) is 7.05. The average molecular weight is 360 g/mol. The van der Waals surface area contributed by atoms with E-state index in [4.69, 9.17) is 0 Å². The number of rotatable bonds is 8. The molecule has 0 aliphatic carbocycles. The Hall–Kier alpha value is -2.04. The van der Waals surface area contributed by atoms with Crippen molar-refractivity contribution >= 4 is 23.2 Å². The zero-order valence-electron chi connectivity index (χ0n) is 16.5. The van der Waals surface area contributed by atoms with Gasteiger partial charge in [0.25, 0.3) is 0 Å². The number of carbonyl (C=O) groups excluding carboxylic acids is 2. The number of carbonyl (C=O) groups is 2. The highest BCUT2D eigenvalue weighted by molar-refractivity contribution is 5.97. The van der Waals surface area contributed by atoms with Gasteiger partial charge in [0, 0.05) is 44.5 Å². The number of hydrogen-bond donors (Lipinski definition) is 0. The molecule has 2 rings (SSSR count). The quantitative estimate of drug-likeness (QED) is 0.711. The number of anilines is 2. The van der Waals surface area contributed by atoms with Gasteiger partial charge in [0.1, 0.15) is 6.54 Å². The molecule has 0 radical (unpaired) electrons. The van der Waals surface area contributed by atoms with Crippen LogP contribution < -0.4 is 9.80 Å². The summed E-state index contributed by atoms with van der Waals surface area (Å²) in [5.41, 5.74) is 1.99. The van der Waals surface area contributed by atoms with Crippen molar-refractivity contribution in [2.75, 3.05) is 42.5 Å². The molecular formula is C21H33N3O2. The average Bonchev–Trinajstić information content (AvgIpc) is 2.66. The molecule has 5 heteroatoms. The predicted molar refractivity (Wildman–Crippen MR) is 108 cm³/mol. The molecule has 5 nitrogen and oxygen atoms in total. The van der Waals surface area contributed by atoms with Crippen molar-refractivity contribution in [3.8, 4) is 0 Å². The second kappa shape index (κ2) is 10.2. The zero-order chi connectivity index (χ0) is 18.9. The molecule has 0 spiro atoms. The van der Waals surface area contributed by atoms with Crippen molar-refractivity contribution in [3.05, 3.63) is 24.3 Å². The summed E-state index contributed by atoms with van der Waals surface area (Å²) >= 11 is 0. The van der Waals surface area contributed by atoms with Gasteiger partial charge in [-0.25, -0.2) is 0 Å². The van der Waals surface area contributed by atoms with Gasteiger partial charge in [-0.3, -0.25) is 9.59 Å². The van der Waals surface area contributed by atoms with Gasteiger partial charge in [0.05, 0.1) is 0 Å². The maximum atomic E-state index is 12.6. The van der Waals surface area contributed by atoms with Crippen molar-refractivity contribution in [2.24, 2.45) is 0 Å². The Morgan fingerprint density at radius 2 is 1.54 bits per heavy atom. The van der Waals surface area contributed by atoms with Crippen molar-refractivity contribution in [1.82, 2.24) is 4.90 Å². The van der Waals surface area contributed by atoms with Crippen LogP contribution in [0.4, 0.5) is 11.4 Å². The Bertz CT molecular complexity index is 573. The molecule has 1 aliphatic heterocycles. The summed E-state index contributed by atoms with van der Waals surface area (Å²) in [6.07, 6.45) is 5.63. The Labute approximate surface area is 158 Å². The summed E-state index contributed by atoms with van der Waals surface area (Å²) in [4.78, 5) is 30.6. The first kappa shape index (κ1) is 20.3. The Morgan fingerprint density at radius 1 is 0.962 bits per heavy atom. The minimum absolute atomic E-state index is 0.0176. The van der Waals surface area contributed by atoms with E-state index < -0.39 is 0 Å². The first-order valence-corrected chi connectivity index (χ1v) is 9.97. The number of piperidine rings is 1. The van der Waals surface area contributed by atoms with Gasteiger partial charge in [0.15, 0.2) is 0 Å². The smallest absolute Gasteiger partial charge is 0.242 e. The molecule has 1 aromatic rings. The van der Waals surface area contributed by atoms with E-state index in [-0.39, 0.29) is 18.4 Å². The molecule has 0 N–H and O–H groups in total. The molecule has 1 heterocycles. The fourth-order valence-electron chi connectivity index (χ4n) is 3.52. The van der Waals surface area contributed by atoms with Gasteiger partial charge >= 0.3 is 0 Å². The van der Waals surface area contributed by atoms with Crippen molar-refractivity contribution in [1.29, 1.82) is 0 Å². The minimum atomic E-state index is -0.1000. The normalized spacial score (nSPS) is 14.2. The molecule has 1 aliphatic rings. The van der Waals surface area contributed by atoms with E-state index in [9.17, 15) is 9.59 Å². The van der Waals surface area contributed by atoms with Crippen LogP contribution in [0.1, 0.15) is 52.9 Å². The SMILES string of the molecule is CCCN(CCC)C(=O)CN(C(C)=O)c1ccc(N2CCCCC2)cc1. The van der Waals surface area contributed by atoms with Crippen LogP contribution in [-0.4, -0.2) is 49.4 Å². The first-order chi connectivity index (χ1) is 12.6. The van der Waals surface area contributed by atoms with Crippen molar-refractivity contribution < 1.29 is 9.59 Å². The van der Waals surface area contributed by atoms with Gasteiger partial charge in [-0.15, -0.1) is 0 Å². The molecule has 0 unspecified atom stereocenters. The van der Waals surface area contributed by atoms with E-state index in [0.717, 1.165) is 44.7 Å². The third kappa shape index (κ3) is 5.48. The molecule has 0 saturated carbocycles. The summed E-state index contributed by atoms with van der Waals surface area (Å²) in [6, 6.07) is 8.05. The van der Waals surface area contributed by atoms with E-state index in [2.05, 4.69) is 30.9 Å². The van der Waals surface area contributed by atoms with Crippen LogP contribution in [0.2, 0.25) is 0 Å². The lowest BCUT2D eigenvalue weighted by molar-refractivity contribution is -0.131. The molecule has 1 aromatic carbocycles. The molecule has 0 aromatic heterocycles. The van der Waals surface area contributed by atoms with E-state index in [1.165, 1.54) is 31.9 Å². The fourth-order valence-corrected chi connectivity index (χ4v) is 3.52. The lowest BCUT2D eigenvalue weighted by Crippen LogP contribution is -2.43. The van der Waals surface area contributed by atoms with Crippen LogP contribution >= 0.6 is 0 Å². The number of nitrogens with zero attached hydrogens (tertiary/aromatic N) is 3. The Balaban J connectivity index is 2.08. The van der Waals surface area contributed by atoms with Gasteiger partial charge in [0.2, 0.25) is 11.8 Å². The molecule has 0 bridgehead atoms. The van der Waals surface area contributed by atoms with E-state index >= 15 is 0 Å². The van der Waals surface area contributed by atoms with Crippen molar-refractivity contribution in [2.45, 2.75) is 52.9 Å². The molecule has 26 heavy (non-hydrogen) atoms. The lowest BCUT2D eigenvalue weighted by Gasteiger charge is -2.30. The highest BCUT2D eigenvalue weighted by Gasteiger charge is 2.20. The maximum Gasteiger partial charge on any atom is 0.242 e. The predicted octanol–water partition coefficient (Wildman–Crippen LogP) is 3.68. The van der Waals surface area contributed by atoms with Gasteiger partial charge in [-0.2, -0.15) is 0 Å². The highest BCUT2D eigenvalue weighted by atomic mass is 16.2. The van der Waals surface area contributed by atoms with Crippen LogP contribution in [0.5, 0.6) is 0 Å². The van der Waals surface area contributed by atoms with E-state index in [1.54, 1.807) is 4.90 Å². The Kier molecular flexibility index (Phi) is 7.95. The fraction of sp³-hybridized carbons (Fsp3) is 0.619. The summed E-state index contributed by atoms with van der Waals surface area (Å²) in [6.45, 7) is 9.44. The van der Waals surface area contributed by atoms with Crippen LogP contribution in [0.3, 0.4) is 0 Å². The molecule has 1 fully saturated rings. The lowest BCUT2D eigenvalue weighted by atomic mass is 10.1. The molecule has 2 amide bonds. The topological polar surface area (TPSA) is 43.9 Å². The maximum absolute atomic E-state index is 12.6. The number of hydrogen-bond acceptors (Lipinski definition) is 3.